The summed E-state index contributed by atoms with van der Waals surface area (Å²) in [6.07, 6.45) is 0. The quantitative estimate of drug-likeness (QED) is 0.484. The average molecular weight is 412 g/mol. The summed E-state index contributed by atoms with van der Waals surface area (Å²) in [6.45, 7) is 3.93. The van der Waals surface area contributed by atoms with E-state index in [-0.39, 0.29) is 22.2 Å². The lowest BCUT2D eigenvalue weighted by molar-refractivity contribution is -0.385. The van der Waals surface area contributed by atoms with Crippen LogP contribution in [0.25, 0.3) is 11.0 Å². The molecule has 4 rings (SSSR count). The van der Waals surface area contributed by atoms with E-state index in [1.54, 1.807) is 4.90 Å². The fourth-order valence-electron chi connectivity index (χ4n) is 3.51. The van der Waals surface area contributed by atoms with Gasteiger partial charge < -0.3 is 9.80 Å². The number of halogens is 1. The van der Waals surface area contributed by atoms with Crippen molar-refractivity contribution in [1.29, 1.82) is 0 Å². The first-order chi connectivity index (χ1) is 13.9. The lowest BCUT2D eigenvalue weighted by atomic mass is 10.1. The topological polar surface area (TPSA) is 92.5 Å². The molecule has 3 aromatic rings. The fraction of sp³-hybridized carbons (Fsp3) is 0.250. The Bertz CT molecular complexity index is 1110. The van der Waals surface area contributed by atoms with E-state index in [1.165, 1.54) is 18.2 Å². The van der Waals surface area contributed by atoms with Crippen LogP contribution in [-0.4, -0.2) is 51.9 Å². The highest BCUT2D eigenvalue weighted by Crippen LogP contribution is 2.26. The van der Waals surface area contributed by atoms with Crippen LogP contribution in [0, 0.1) is 17.0 Å². The van der Waals surface area contributed by atoms with E-state index >= 15 is 0 Å². The third kappa shape index (κ3) is 3.71. The van der Waals surface area contributed by atoms with Gasteiger partial charge in [0.25, 0.3) is 11.6 Å². The van der Waals surface area contributed by atoms with Gasteiger partial charge in [0.1, 0.15) is 5.56 Å². The number of benzene rings is 2. The highest BCUT2D eigenvalue weighted by atomic mass is 35.5. The molecule has 29 heavy (non-hydrogen) atoms. The summed E-state index contributed by atoms with van der Waals surface area (Å²) in [5.41, 5.74) is 2.27. The lowest BCUT2D eigenvalue weighted by Crippen LogP contribution is -2.49. The Morgan fingerprint density at radius 1 is 1.07 bits per heavy atom. The van der Waals surface area contributed by atoms with Gasteiger partial charge in [-0.1, -0.05) is 23.7 Å². The van der Waals surface area contributed by atoms with Gasteiger partial charge in [-0.15, -0.1) is 0 Å². The molecule has 0 aliphatic carbocycles. The minimum atomic E-state index is -0.580. The number of nitrogens with zero attached hydrogens (tertiary/aromatic N) is 5. The number of rotatable bonds is 3. The van der Waals surface area contributed by atoms with Crippen molar-refractivity contribution >= 4 is 40.0 Å². The molecule has 0 N–H and O–H groups in total. The second kappa shape index (κ2) is 7.63. The zero-order chi connectivity index (χ0) is 20.5. The summed E-state index contributed by atoms with van der Waals surface area (Å²) in [6, 6.07) is 11.8. The number of aromatic nitrogens is 2. The van der Waals surface area contributed by atoms with E-state index in [4.69, 9.17) is 16.6 Å². The molecule has 8 nitrogen and oxygen atoms in total. The Kier molecular flexibility index (Phi) is 5.02. The molecule has 2 heterocycles. The van der Waals surface area contributed by atoms with Gasteiger partial charge in [-0.2, -0.15) is 0 Å². The van der Waals surface area contributed by atoms with Crippen LogP contribution in [0.1, 0.15) is 16.1 Å². The first-order valence-electron chi connectivity index (χ1n) is 9.15. The molecule has 1 aliphatic heterocycles. The van der Waals surface area contributed by atoms with Crippen LogP contribution in [0.5, 0.6) is 0 Å². The molecule has 2 aromatic carbocycles. The Morgan fingerprint density at radius 2 is 1.72 bits per heavy atom. The van der Waals surface area contributed by atoms with Gasteiger partial charge in [0, 0.05) is 37.3 Å². The van der Waals surface area contributed by atoms with Crippen LogP contribution in [0.4, 0.5) is 11.5 Å². The molecule has 0 spiro atoms. The van der Waals surface area contributed by atoms with Crippen molar-refractivity contribution < 1.29 is 9.72 Å². The van der Waals surface area contributed by atoms with Crippen LogP contribution in [0.3, 0.4) is 0 Å². The molecule has 0 radical (unpaired) electrons. The molecule has 1 aromatic heterocycles. The normalized spacial score (nSPS) is 14.3. The first-order valence-corrected chi connectivity index (χ1v) is 9.53. The van der Waals surface area contributed by atoms with Crippen molar-refractivity contribution in [1.82, 2.24) is 14.9 Å². The lowest BCUT2D eigenvalue weighted by Gasteiger charge is -2.35. The van der Waals surface area contributed by atoms with Gasteiger partial charge in [0.05, 0.1) is 21.7 Å². The highest BCUT2D eigenvalue weighted by molar-refractivity contribution is 6.31. The number of aryl methyl sites for hydroxylation is 1. The number of carbonyl (C=O) groups is 1. The van der Waals surface area contributed by atoms with Gasteiger partial charge in [0.2, 0.25) is 0 Å². The minimum absolute atomic E-state index is 0.0505. The van der Waals surface area contributed by atoms with Crippen LogP contribution < -0.4 is 4.90 Å². The maximum absolute atomic E-state index is 12.9. The highest BCUT2D eigenvalue weighted by Gasteiger charge is 2.28. The van der Waals surface area contributed by atoms with Crippen LogP contribution in [0.15, 0.2) is 42.5 Å². The molecule has 148 valence electrons. The smallest absolute Gasteiger partial charge is 0.283 e. The van der Waals surface area contributed by atoms with E-state index in [1.807, 2.05) is 31.2 Å². The molecule has 1 saturated heterocycles. The summed E-state index contributed by atoms with van der Waals surface area (Å²) in [5.74, 6) is 0.433. The predicted octanol–water partition coefficient (Wildman–Crippen LogP) is 3.46. The van der Waals surface area contributed by atoms with Crippen molar-refractivity contribution in [3.63, 3.8) is 0 Å². The molecule has 1 aliphatic rings. The maximum atomic E-state index is 12.9. The summed E-state index contributed by atoms with van der Waals surface area (Å²) in [7, 11) is 0. The Hall–Kier alpha value is -3.26. The van der Waals surface area contributed by atoms with E-state index in [0.29, 0.717) is 26.2 Å². The standard InChI is InChI=1S/C20H18ClN5O3/c1-13-19(23-17-5-3-2-4-16(17)22-13)24-8-10-25(11-9-24)20(27)15-7-6-14(21)12-18(15)26(28)29/h2-7,12H,8-11H2,1H3. The fourth-order valence-corrected chi connectivity index (χ4v) is 3.67. The number of anilines is 1. The van der Waals surface area contributed by atoms with Crippen LogP contribution in [-0.2, 0) is 0 Å². The second-order valence-electron chi connectivity index (χ2n) is 6.82. The molecule has 1 fully saturated rings. The van der Waals surface area contributed by atoms with E-state index in [9.17, 15) is 14.9 Å². The second-order valence-corrected chi connectivity index (χ2v) is 7.26. The van der Waals surface area contributed by atoms with Gasteiger partial charge >= 0.3 is 0 Å². The molecule has 0 saturated carbocycles. The van der Waals surface area contributed by atoms with Crippen molar-refractivity contribution in [2.45, 2.75) is 6.92 Å². The number of hydrogen-bond donors (Lipinski definition) is 0. The number of para-hydroxylation sites is 2. The Morgan fingerprint density at radius 3 is 2.38 bits per heavy atom. The average Bonchev–Trinajstić information content (AvgIpc) is 2.73. The summed E-state index contributed by atoms with van der Waals surface area (Å²) >= 11 is 5.85. The Balaban J connectivity index is 1.52. The summed E-state index contributed by atoms with van der Waals surface area (Å²) in [4.78, 5) is 36.6. The SMILES string of the molecule is Cc1nc2ccccc2nc1N1CCN(C(=O)c2ccc(Cl)cc2[N+](=O)[O-])CC1. The van der Waals surface area contributed by atoms with Gasteiger partial charge in [-0.3, -0.25) is 14.9 Å². The predicted molar refractivity (Wildman–Crippen MR) is 110 cm³/mol. The van der Waals surface area contributed by atoms with Crippen molar-refractivity contribution in [2.75, 3.05) is 31.1 Å². The number of carbonyl (C=O) groups excluding carboxylic acids is 1. The number of amides is 1. The van der Waals surface area contributed by atoms with E-state index in [0.717, 1.165) is 22.5 Å². The van der Waals surface area contributed by atoms with Gasteiger partial charge in [-0.25, -0.2) is 9.97 Å². The van der Waals surface area contributed by atoms with Crippen LogP contribution >= 0.6 is 11.6 Å². The number of piperazine rings is 1. The van der Waals surface area contributed by atoms with E-state index in [2.05, 4.69) is 9.88 Å². The number of nitro groups is 1. The van der Waals surface area contributed by atoms with Gasteiger partial charge in [-0.05, 0) is 31.2 Å². The molecule has 0 unspecified atom stereocenters. The van der Waals surface area contributed by atoms with Crippen molar-refractivity contribution in [3.8, 4) is 0 Å². The summed E-state index contributed by atoms with van der Waals surface area (Å²) < 4.78 is 0. The maximum Gasteiger partial charge on any atom is 0.283 e. The Labute approximate surface area is 171 Å². The molecule has 9 heteroatoms. The third-order valence-corrected chi connectivity index (χ3v) is 5.21. The third-order valence-electron chi connectivity index (χ3n) is 4.97. The largest absolute Gasteiger partial charge is 0.352 e. The number of nitro benzene ring substituents is 1. The molecule has 1 amide bonds. The monoisotopic (exact) mass is 411 g/mol. The zero-order valence-electron chi connectivity index (χ0n) is 15.7. The van der Waals surface area contributed by atoms with Gasteiger partial charge in [0.15, 0.2) is 5.82 Å². The number of hydrogen-bond acceptors (Lipinski definition) is 6. The molecular weight excluding hydrogens is 394 g/mol. The first kappa shape index (κ1) is 19.1. The van der Waals surface area contributed by atoms with Crippen LogP contribution in [0.2, 0.25) is 5.02 Å². The summed E-state index contributed by atoms with van der Waals surface area (Å²) in [5, 5.41) is 11.5. The number of fused-ring (bicyclic) bond motifs is 1. The molecular formula is C20H18ClN5O3. The minimum Gasteiger partial charge on any atom is -0.352 e. The van der Waals surface area contributed by atoms with E-state index < -0.39 is 4.92 Å². The van der Waals surface area contributed by atoms with Crippen molar-refractivity contribution in [3.05, 3.63) is 68.9 Å². The molecule has 0 bridgehead atoms. The van der Waals surface area contributed by atoms with Crippen molar-refractivity contribution in [2.24, 2.45) is 0 Å². The zero-order valence-corrected chi connectivity index (χ0v) is 16.5. The molecule has 0 atom stereocenters.